The normalized spacial score (nSPS) is 11.9. The topological polar surface area (TPSA) is 43.6 Å². The van der Waals surface area contributed by atoms with E-state index < -0.39 is 6.61 Å². The summed E-state index contributed by atoms with van der Waals surface area (Å²) >= 11 is 1.38. The number of hydrogen-bond donors (Lipinski definition) is 0. The van der Waals surface area contributed by atoms with Crippen LogP contribution in [-0.2, 0) is 4.79 Å². The molecule has 1 amide bonds. The van der Waals surface area contributed by atoms with Crippen LogP contribution in [0.5, 0.6) is 5.75 Å². The van der Waals surface area contributed by atoms with E-state index in [0.717, 1.165) is 10.6 Å². The number of halogens is 2. The van der Waals surface area contributed by atoms with Crippen LogP contribution in [0.1, 0.15) is 11.8 Å². The van der Waals surface area contributed by atoms with Crippen LogP contribution < -0.4 is 9.54 Å². The molecule has 0 spiro atoms. The molecule has 0 aliphatic rings. The molecule has 0 aliphatic carbocycles. The second kappa shape index (κ2) is 5.96. The zero-order valence-corrected chi connectivity index (χ0v) is 11.7. The van der Waals surface area contributed by atoms with Crippen molar-refractivity contribution in [2.24, 2.45) is 4.99 Å². The average Bonchev–Trinajstić information content (AvgIpc) is 2.69. The minimum absolute atomic E-state index is 0.0846. The van der Waals surface area contributed by atoms with Gasteiger partial charge in [-0.25, -0.2) is 0 Å². The van der Waals surface area contributed by atoms with Crippen molar-refractivity contribution in [1.82, 2.24) is 4.57 Å². The van der Waals surface area contributed by atoms with Crippen molar-refractivity contribution in [3.05, 3.63) is 40.1 Å². The van der Waals surface area contributed by atoms with Gasteiger partial charge in [0.25, 0.3) is 0 Å². The Kier molecular flexibility index (Phi) is 4.29. The number of hydrogen-bond acceptors (Lipinski definition) is 3. The molecule has 0 saturated carbocycles. The Morgan fingerprint density at radius 3 is 2.55 bits per heavy atom. The predicted octanol–water partition coefficient (Wildman–Crippen LogP) is 2.90. The summed E-state index contributed by atoms with van der Waals surface area (Å²) in [6, 6.07) is 6.14. The van der Waals surface area contributed by atoms with E-state index in [9.17, 15) is 13.6 Å². The highest BCUT2D eigenvalue weighted by Gasteiger charge is 2.06. The first-order valence-corrected chi connectivity index (χ1v) is 6.57. The lowest BCUT2D eigenvalue weighted by Crippen LogP contribution is -2.13. The summed E-state index contributed by atoms with van der Waals surface area (Å²) in [7, 11) is 0. The van der Waals surface area contributed by atoms with Gasteiger partial charge in [0.2, 0.25) is 5.91 Å². The van der Waals surface area contributed by atoms with Gasteiger partial charge >= 0.3 is 6.61 Å². The largest absolute Gasteiger partial charge is 0.435 e. The Hall–Kier alpha value is -2.02. The SMILES string of the molecule is CC(=O)/N=c1\sc(C)cn1-c1ccc(OC(F)F)cc1. The van der Waals surface area contributed by atoms with E-state index in [2.05, 4.69) is 9.73 Å². The second-order valence-corrected chi connectivity index (χ2v) is 5.21. The summed E-state index contributed by atoms with van der Waals surface area (Å²) in [5.74, 6) is -0.209. The molecule has 2 rings (SSSR count). The number of benzene rings is 1. The first-order valence-electron chi connectivity index (χ1n) is 5.75. The van der Waals surface area contributed by atoms with Crippen molar-refractivity contribution >= 4 is 17.2 Å². The molecule has 4 nitrogen and oxygen atoms in total. The number of rotatable bonds is 3. The molecule has 2 aromatic rings. The zero-order valence-electron chi connectivity index (χ0n) is 10.8. The van der Waals surface area contributed by atoms with E-state index in [0.29, 0.717) is 4.80 Å². The van der Waals surface area contributed by atoms with Gasteiger partial charge in [-0.05, 0) is 31.2 Å². The molecule has 1 heterocycles. The van der Waals surface area contributed by atoms with Gasteiger partial charge in [0.1, 0.15) is 5.75 Å². The van der Waals surface area contributed by atoms with Crippen LogP contribution in [0.15, 0.2) is 35.5 Å². The average molecular weight is 298 g/mol. The van der Waals surface area contributed by atoms with Gasteiger partial charge < -0.3 is 4.74 Å². The molecule has 106 valence electrons. The number of amides is 1. The Bertz CT molecular complexity index is 674. The summed E-state index contributed by atoms with van der Waals surface area (Å²) in [4.78, 5) is 16.5. The highest BCUT2D eigenvalue weighted by Crippen LogP contribution is 2.17. The highest BCUT2D eigenvalue weighted by atomic mass is 32.1. The van der Waals surface area contributed by atoms with Gasteiger partial charge in [-0.2, -0.15) is 13.8 Å². The lowest BCUT2D eigenvalue weighted by atomic mass is 10.3. The molecule has 7 heteroatoms. The van der Waals surface area contributed by atoms with E-state index in [-0.39, 0.29) is 11.7 Å². The maximum absolute atomic E-state index is 12.1. The van der Waals surface area contributed by atoms with Gasteiger partial charge in [-0.3, -0.25) is 9.36 Å². The Morgan fingerprint density at radius 1 is 1.35 bits per heavy atom. The number of carbonyl (C=O) groups is 1. The predicted molar refractivity (Wildman–Crippen MR) is 71.3 cm³/mol. The lowest BCUT2D eigenvalue weighted by Gasteiger charge is -2.06. The molecule has 0 N–H and O–H groups in total. The van der Waals surface area contributed by atoms with Crippen LogP contribution in [0.3, 0.4) is 0 Å². The van der Waals surface area contributed by atoms with Crippen LogP contribution in [-0.4, -0.2) is 17.1 Å². The Morgan fingerprint density at radius 2 is 2.00 bits per heavy atom. The molecule has 0 radical (unpaired) electrons. The zero-order chi connectivity index (χ0) is 14.7. The van der Waals surface area contributed by atoms with E-state index in [1.54, 1.807) is 16.7 Å². The minimum Gasteiger partial charge on any atom is -0.435 e. The fraction of sp³-hybridized carbons (Fsp3) is 0.231. The van der Waals surface area contributed by atoms with Crippen LogP contribution in [0, 0.1) is 6.92 Å². The van der Waals surface area contributed by atoms with Gasteiger partial charge in [0.15, 0.2) is 4.80 Å². The molecule has 0 atom stereocenters. The van der Waals surface area contributed by atoms with Crippen LogP contribution >= 0.6 is 11.3 Å². The molecular formula is C13H12F2N2O2S. The highest BCUT2D eigenvalue weighted by molar-refractivity contribution is 7.09. The Labute approximate surface area is 118 Å². The Balaban J connectivity index is 2.39. The van der Waals surface area contributed by atoms with Gasteiger partial charge in [0.05, 0.1) is 0 Å². The molecule has 1 aromatic heterocycles. The molecule has 0 unspecified atom stereocenters. The van der Waals surface area contributed by atoms with Crippen LogP contribution in [0.4, 0.5) is 8.78 Å². The third kappa shape index (κ3) is 3.51. The summed E-state index contributed by atoms with van der Waals surface area (Å²) < 4.78 is 30.2. The van der Waals surface area contributed by atoms with Crippen molar-refractivity contribution in [1.29, 1.82) is 0 Å². The minimum atomic E-state index is -2.85. The molecular weight excluding hydrogens is 286 g/mol. The fourth-order valence-electron chi connectivity index (χ4n) is 1.64. The van der Waals surface area contributed by atoms with Crippen molar-refractivity contribution in [2.45, 2.75) is 20.5 Å². The van der Waals surface area contributed by atoms with Crippen molar-refractivity contribution < 1.29 is 18.3 Å². The first-order chi connectivity index (χ1) is 9.45. The second-order valence-electron chi connectivity index (χ2n) is 4.00. The molecule has 0 aliphatic heterocycles. The monoisotopic (exact) mass is 298 g/mol. The third-order valence-electron chi connectivity index (χ3n) is 2.36. The number of carbonyl (C=O) groups excluding carboxylic acids is 1. The summed E-state index contributed by atoms with van der Waals surface area (Å²) in [6.07, 6.45) is 1.83. The van der Waals surface area contributed by atoms with E-state index in [1.807, 2.05) is 13.1 Å². The number of nitrogens with zero attached hydrogens (tertiary/aromatic N) is 2. The maximum atomic E-state index is 12.1. The van der Waals surface area contributed by atoms with Gasteiger partial charge in [0, 0.05) is 23.7 Å². The van der Waals surface area contributed by atoms with Gasteiger partial charge in [-0.15, -0.1) is 11.3 Å². The number of alkyl halides is 2. The first kappa shape index (κ1) is 14.4. The number of thiazole rings is 1. The van der Waals surface area contributed by atoms with Gasteiger partial charge in [-0.1, -0.05) is 0 Å². The molecule has 1 aromatic carbocycles. The van der Waals surface area contributed by atoms with Crippen molar-refractivity contribution in [3.8, 4) is 11.4 Å². The standard InChI is InChI=1S/C13H12F2N2O2S/c1-8-7-17(13(20-8)16-9(2)18)10-3-5-11(6-4-10)19-12(14)15/h3-7,12H,1-2H3/b16-13-. The van der Waals surface area contributed by atoms with E-state index in [4.69, 9.17) is 0 Å². The molecule has 20 heavy (non-hydrogen) atoms. The van der Waals surface area contributed by atoms with Crippen molar-refractivity contribution in [3.63, 3.8) is 0 Å². The summed E-state index contributed by atoms with van der Waals surface area (Å²) in [6.45, 7) is 0.424. The smallest absolute Gasteiger partial charge is 0.387 e. The maximum Gasteiger partial charge on any atom is 0.387 e. The van der Waals surface area contributed by atoms with Crippen LogP contribution in [0.25, 0.3) is 5.69 Å². The molecule has 0 fully saturated rings. The summed E-state index contributed by atoms with van der Waals surface area (Å²) in [5.41, 5.74) is 0.718. The van der Waals surface area contributed by atoms with Crippen LogP contribution in [0.2, 0.25) is 0 Å². The number of aryl methyl sites for hydroxylation is 1. The number of aromatic nitrogens is 1. The molecule has 0 saturated heterocycles. The number of ether oxygens (including phenoxy) is 1. The lowest BCUT2D eigenvalue weighted by molar-refractivity contribution is -0.116. The molecule has 0 bridgehead atoms. The third-order valence-corrected chi connectivity index (χ3v) is 3.26. The quantitative estimate of drug-likeness (QED) is 0.874. The van der Waals surface area contributed by atoms with E-state index in [1.165, 1.54) is 30.4 Å². The van der Waals surface area contributed by atoms with E-state index >= 15 is 0 Å². The summed E-state index contributed by atoms with van der Waals surface area (Å²) in [5, 5.41) is 0. The fourth-order valence-corrected chi connectivity index (χ4v) is 2.52. The van der Waals surface area contributed by atoms with Crippen molar-refractivity contribution in [2.75, 3.05) is 0 Å².